The summed E-state index contributed by atoms with van der Waals surface area (Å²) in [6, 6.07) is 8.58. The summed E-state index contributed by atoms with van der Waals surface area (Å²) >= 11 is 1.82. The highest BCUT2D eigenvalue weighted by Gasteiger charge is 2.14. The lowest BCUT2D eigenvalue weighted by Crippen LogP contribution is -2.11. The summed E-state index contributed by atoms with van der Waals surface area (Å²) in [6.07, 6.45) is 7.81. The Labute approximate surface area is 96.7 Å². The molecule has 0 bridgehead atoms. The van der Waals surface area contributed by atoms with Crippen LogP contribution in [0, 0.1) is 5.92 Å². The van der Waals surface area contributed by atoms with E-state index in [2.05, 4.69) is 35.8 Å². The van der Waals surface area contributed by atoms with E-state index >= 15 is 0 Å². The zero-order valence-electron chi connectivity index (χ0n) is 9.33. The first kappa shape index (κ1) is 10.9. The lowest BCUT2D eigenvalue weighted by molar-refractivity contribution is 0.579. The van der Waals surface area contributed by atoms with Crippen molar-refractivity contribution in [2.45, 2.75) is 30.6 Å². The van der Waals surface area contributed by atoms with Crippen LogP contribution in [-0.2, 0) is 0 Å². The molecule has 1 aromatic carbocycles. The Hall–Kier alpha value is -0.630. The molecule has 1 aromatic rings. The maximum atomic E-state index is 3.59. The summed E-state index contributed by atoms with van der Waals surface area (Å²) in [5.41, 5.74) is 1.30. The summed E-state index contributed by atoms with van der Waals surface area (Å²) in [5, 5.41) is 3.59. The molecule has 0 amide bonds. The molecule has 1 aliphatic carbocycles. The number of hydrogen-bond acceptors (Lipinski definition) is 2. The highest BCUT2D eigenvalue weighted by atomic mass is 32.2. The molecule has 2 rings (SSSR count). The van der Waals surface area contributed by atoms with Crippen LogP contribution in [0.25, 0.3) is 0 Å². The fourth-order valence-corrected chi connectivity index (χ4v) is 2.83. The highest BCUT2D eigenvalue weighted by molar-refractivity contribution is 7.98. The summed E-state index contributed by atoms with van der Waals surface area (Å²) in [7, 11) is 0. The molecule has 1 saturated carbocycles. The Morgan fingerprint density at radius 1 is 1.27 bits per heavy atom. The predicted octanol–water partition coefficient (Wildman–Crippen LogP) is 4.01. The zero-order chi connectivity index (χ0) is 10.5. The lowest BCUT2D eigenvalue weighted by Gasteiger charge is -2.14. The Morgan fingerprint density at radius 3 is 2.73 bits per heavy atom. The number of hydrogen-bond donors (Lipinski definition) is 1. The van der Waals surface area contributed by atoms with Crippen LogP contribution in [0.2, 0.25) is 0 Å². The second kappa shape index (κ2) is 5.45. The standard InChI is InChI=1S/C13H19NS/c1-15-13-9-5-4-8-12(13)14-10-11-6-2-3-7-11/h4-5,8-9,11,14H,2-3,6-7,10H2,1H3. The molecule has 15 heavy (non-hydrogen) atoms. The van der Waals surface area contributed by atoms with E-state index in [-0.39, 0.29) is 0 Å². The van der Waals surface area contributed by atoms with Crippen LogP contribution in [0.5, 0.6) is 0 Å². The lowest BCUT2D eigenvalue weighted by atomic mass is 10.1. The second-order valence-electron chi connectivity index (χ2n) is 4.23. The van der Waals surface area contributed by atoms with E-state index in [1.165, 1.54) is 36.3 Å². The van der Waals surface area contributed by atoms with Gasteiger partial charge >= 0.3 is 0 Å². The smallest absolute Gasteiger partial charge is 0.0478 e. The van der Waals surface area contributed by atoms with Gasteiger partial charge < -0.3 is 5.32 Å². The fourth-order valence-electron chi connectivity index (χ4n) is 2.26. The van der Waals surface area contributed by atoms with Crippen molar-refractivity contribution >= 4 is 17.4 Å². The number of para-hydroxylation sites is 1. The molecule has 1 nitrogen and oxygen atoms in total. The SMILES string of the molecule is CSc1ccccc1NCC1CCCC1. The van der Waals surface area contributed by atoms with E-state index in [0.717, 1.165) is 12.5 Å². The molecule has 2 heteroatoms. The van der Waals surface area contributed by atoms with E-state index < -0.39 is 0 Å². The van der Waals surface area contributed by atoms with Crippen LogP contribution in [0.1, 0.15) is 25.7 Å². The topological polar surface area (TPSA) is 12.0 Å². The van der Waals surface area contributed by atoms with Gasteiger partial charge in [-0.05, 0) is 37.1 Å². The first-order chi connectivity index (χ1) is 7.40. The first-order valence-electron chi connectivity index (χ1n) is 5.77. The summed E-state index contributed by atoms with van der Waals surface area (Å²) in [6.45, 7) is 1.15. The molecule has 0 heterocycles. The summed E-state index contributed by atoms with van der Waals surface area (Å²) < 4.78 is 0. The van der Waals surface area contributed by atoms with Gasteiger partial charge in [-0.1, -0.05) is 25.0 Å². The third kappa shape index (κ3) is 2.91. The first-order valence-corrected chi connectivity index (χ1v) is 6.99. The van der Waals surface area contributed by atoms with Gasteiger partial charge in [0.25, 0.3) is 0 Å². The fraction of sp³-hybridized carbons (Fsp3) is 0.538. The van der Waals surface area contributed by atoms with E-state index in [0.29, 0.717) is 0 Å². The van der Waals surface area contributed by atoms with Crippen LogP contribution in [0.15, 0.2) is 29.2 Å². The number of thioether (sulfide) groups is 1. The average molecular weight is 221 g/mol. The minimum Gasteiger partial charge on any atom is -0.384 e. The molecule has 0 atom stereocenters. The molecule has 0 aromatic heterocycles. The molecule has 0 spiro atoms. The van der Waals surface area contributed by atoms with Crippen molar-refractivity contribution in [3.05, 3.63) is 24.3 Å². The molecular weight excluding hydrogens is 202 g/mol. The van der Waals surface area contributed by atoms with E-state index in [1.807, 2.05) is 11.8 Å². The average Bonchev–Trinajstić information content (AvgIpc) is 2.79. The van der Waals surface area contributed by atoms with Crippen molar-refractivity contribution in [2.24, 2.45) is 5.92 Å². The number of rotatable bonds is 4. The quantitative estimate of drug-likeness (QED) is 0.771. The number of benzene rings is 1. The van der Waals surface area contributed by atoms with Crippen molar-refractivity contribution < 1.29 is 0 Å². The number of nitrogens with one attached hydrogen (secondary N) is 1. The monoisotopic (exact) mass is 221 g/mol. The third-order valence-electron chi connectivity index (χ3n) is 3.16. The molecule has 0 unspecified atom stereocenters. The van der Waals surface area contributed by atoms with Crippen molar-refractivity contribution in [1.82, 2.24) is 0 Å². The zero-order valence-corrected chi connectivity index (χ0v) is 10.1. The van der Waals surface area contributed by atoms with Crippen molar-refractivity contribution in [1.29, 1.82) is 0 Å². The van der Waals surface area contributed by atoms with Crippen molar-refractivity contribution in [2.75, 3.05) is 18.1 Å². The molecular formula is C13H19NS. The van der Waals surface area contributed by atoms with Crippen molar-refractivity contribution in [3.8, 4) is 0 Å². The molecule has 82 valence electrons. The Balaban J connectivity index is 1.91. The maximum absolute atomic E-state index is 3.59. The van der Waals surface area contributed by atoms with Gasteiger partial charge in [0.15, 0.2) is 0 Å². The summed E-state index contributed by atoms with van der Waals surface area (Å²) in [5.74, 6) is 0.903. The Kier molecular flexibility index (Phi) is 3.95. The molecule has 0 aliphatic heterocycles. The van der Waals surface area contributed by atoms with Crippen LogP contribution >= 0.6 is 11.8 Å². The third-order valence-corrected chi connectivity index (χ3v) is 3.96. The van der Waals surface area contributed by atoms with Gasteiger partial charge in [-0.25, -0.2) is 0 Å². The van der Waals surface area contributed by atoms with Gasteiger partial charge in [0.05, 0.1) is 0 Å². The van der Waals surface area contributed by atoms with Gasteiger partial charge in [0, 0.05) is 17.1 Å². The highest BCUT2D eigenvalue weighted by Crippen LogP contribution is 2.28. The summed E-state index contributed by atoms with van der Waals surface area (Å²) in [4.78, 5) is 1.36. The molecule has 1 N–H and O–H groups in total. The maximum Gasteiger partial charge on any atom is 0.0478 e. The molecule has 0 saturated heterocycles. The largest absolute Gasteiger partial charge is 0.384 e. The van der Waals surface area contributed by atoms with Crippen molar-refractivity contribution in [3.63, 3.8) is 0 Å². The Morgan fingerprint density at radius 2 is 2.00 bits per heavy atom. The van der Waals surface area contributed by atoms with Crippen LogP contribution in [-0.4, -0.2) is 12.8 Å². The number of anilines is 1. The van der Waals surface area contributed by atoms with Gasteiger partial charge in [-0.2, -0.15) is 0 Å². The predicted molar refractivity (Wildman–Crippen MR) is 68.7 cm³/mol. The van der Waals surface area contributed by atoms with E-state index in [9.17, 15) is 0 Å². The van der Waals surface area contributed by atoms with Crippen LogP contribution < -0.4 is 5.32 Å². The Bertz CT molecular complexity index is 305. The van der Waals surface area contributed by atoms with Gasteiger partial charge in [-0.15, -0.1) is 11.8 Å². The molecule has 1 aliphatic rings. The van der Waals surface area contributed by atoms with E-state index in [4.69, 9.17) is 0 Å². The van der Waals surface area contributed by atoms with Gasteiger partial charge in [0.2, 0.25) is 0 Å². The minimum absolute atomic E-state index is 0.903. The van der Waals surface area contributed by atoms with E-state index in [1.54, 1.807) is 0 Å². The van der Waals surface area contributed by atoms with Crippen LogP contribution in [0.3, 0.4) is 0 Å². The molecule has 1 fully saturated rings. The minimum atomic E-state index is 0.903. The van der Waals surface area contributed by atoms with Crippen LogP contribution in [0.4, 0.5) is 5.69 Å². The normalized spacial score (nSPS) is 16.9. The van der Waals surface area contributed by atoms with Gasteiger partial charge in [0.1, 0.15) is 0 Å². The molecule has 0 radical (unpaired) electrons. The van der Waals surface area contributed by atoms with Gasteiger partial charge in [-0.3, -0.25) is 0 Å². The second-order valence-corrected chi connectivity index (χ2v) is 5.08.